The van der Waals surface area contributed by atoms with E-state index in [9.17, 15) is 0 Å². The molecule has 0 saturated heterocycles. The average Bonchev–Trinajstić information content (AvgIpc) is 2.42. The van der Waals surface area contributed by atoms with Crippen molar-refractivity contribution in [3.63, 3.8) is 0 Å². The van der Waals surface area contributed by atoms with Gasteiger partial charge >= 0.3 is 0 Å². The molecule has 4 nitrogen and oxygen atoms in total. The monoisotopic (exact) mass is 198 g/mol. The molecule has 1 unspecified atom stereocenters. The van der Waals surface area contributed by atoms with Gasteiger partial charge in [0.05, 0.1) is 11.8 Å². The Kier molecular flexibility index (Phi) is 3.66. The molecule has 0 radical (unpaired) electrons. The second-order valence-corrected chi connectivity index (χ2v) is 3.72. The minimum atomic E-state index is -0.335. The first-order valence-corrected chi connectivity index (χ1v) is 4.86. The Hall–Kier alpha value is -0.870. The first-order valence-electron chi connectivity index (χ1n) is 4.86. The Labute approximate surface area is 84.3 Å². The summed E-state index contributed by atoms with van der Waals surface area (Å²) in [7, 11) is 0. The summed E-state index contributed by atoms with van der Waals surface area (Å²) in [4.78, 5) is 0. The molecule has 2 atom stereocenters. The van der Waals surface area contributed by atoms with Gasteiger partial charge < -0.3 is 14.9 Å². The molecule has 0 saturated carbocycles. The molecule has 0 fully saturated rings. The number of aromatic nitrogens is 1. The minimum Gasteiger partial charge on any atom is -0.392 e. The molecule has 0 aliphatic heterocycles. The van der Waals surface area contributed by atoms with Crippen LogP contribution in [0.3, 0.4) is 0 Å². The third-order valence-electron chi connectivity index (χ3n) is 2.24. The van der Waals surface area contributed by atoms with Crippen molar-refractivity contribution in [1.82, 2.24) is 10.5 Å². The van der Waals surface area contributed by atoms with Crippen LogP contribution < -0.4 is 5.32 Å². The minimum absolute atomic E-state index is 0.163. The molecule has 1 aromatic heterocycles. The summed E-state index contributed by atoms with van der Waals surface area (Å²) in [5.74, 6) is 0.841. The lowest BCUT2D eigenvalue weighted by atomic mass is 10.1. The molecule has 0 aliphatic carbocycles. The van der Waals surface area contributed by atoms with Gasteiger partial charge in [0.1, 0.15) is 5.76 Å². The smallest absolute Gasteiger partial charge is 0.138 e. The number of aliphatic hydroxyl groups is 1. The Morgan fingerprint density at radius 2 is 2.07 bits per heavy atom. The SMILES string of the molecule is Cc1noc(C)c1C(C)NC[C@@H](C)O. The molecule has 1 aromatic rings. The fraction of sp³-hybridized carbons (Fsp3) is 0.700. The second-order valence-electron chi connectivity index (χ2n) is 3.72. The van der Waals surface area contributed by atoms with Crippen molar-refractivity contribution in [2.75, 3.05) is 6.54 Å². The Morgan fingerprint density at radius 3 is 2.50 bits per heavy atom. The molecule has 4 heteroatoms. The van der Waals surface area contributed by atoms with E-state index in [2.05, 4.69) is 10.5 Å². The highest BCUT2D eigenvalue weighted by Crippen LogP contribution is 2.20. The summed E-state index contributed by atoms with van der Waals surface area (Å²) in [6.45, 7) is 8.19. The van der Waals surface area contributed by atoms with E-state index in [1.54, 1.807) is 6.92 Å². The van der Waals surface area contributed by atoms with Crippen LogP contribution >= 0.6 is 0 Å². The summed E-state index contributed by atoms with van der Waals surface area (Å²) < 4.78 is 5.07. The summed E-state index contributed by atoms with van der Waals surface area (Å²) in [5.41, 5.74) is 2.00. The van der Waals surface area contributed by atoms with Crippen molar-refractivity contribution in [3.8, 4) is 0 Å². The zero-order valence-electron chi connectivity index (χ0n) is 9.16. The molecule has 1 heterocycles. The van der Waals surface area contributed by atoms with Crippen LogP contribution in [-0.4, -0.2) is 22.9 Å². The van der Waals surface area contributed by atoms with Crippen molar-refractivity contribution < 1.29 is 9.63 Å². The molecule has 0 amide bonds. The molecule has 0 spiro atoms. The maximum absolute atomic E-state index is 9.14. The lowest BCUT2D eigenvalue weighted by Crippen LogP contribution is -2.27. The van der Waals surface area contributed by atoms with Gasteiger partial charge in [-0.3, -0.25) is 0 Å². The summed E-state index contributed by atoms with van der Waals surface area (Å²) in [6, 6.07) is 0.163. The first kappa shape index (κ1) is 11.2. The van der Waals surface area contributed by atoms with E-state index >= 15 is 0 Å². The zero-order valence-corrected chi connectivity index (χ0v) is 9.16. The third kappa shape index (κ3) is 2.56. The predicted molar refractivity (Wildman–Crippen MR) is 54.1 cm³/mol. The standard InChI is InChI=1S/C10H18N2O2/c1-6(13)5-11-7(2)10-8(3)12-14-9(10)4/h6-7,11,13H,5H2,1-4H3/t6-,7?/m1/s1. The van der Waals surface area contributed by atoms with E-state index in [4.69, 9.17) is 9.63 Å². The van der Waals surface area contributed by atoms with Gasteiger partial charge in [-0.15, -0.1) is 0 Å². The van der Waals surface area contributed by atoms with Crippen molar-refractivity contribution in [3.05, 3.63) is 17.0 Å². The van der Waals surface area contributed by atoms with Crippen LogP contribution in [0.5, 0.6) is 0 Å². The van der Waals surface area contributed by atoms with Gasteiger partial charge in [-0.1, -0.05) is 5.16 Å². The average molecular weight is 198 g/mol. The van der Waals surface area contributed by atoms with E-state index < -0.39 is 0 Å². The normalized spacial score (nSPS) is 15.5. The van der Waals surface area contributed by atoms with E-state index in [0.29, 0.717) is 6.54 Å². The molecule has 0 aromatic carbocycles. The Morgan fingerprint density at radius 1 is 1.43 bits per heavy atom. The van der Waals surface area contributed by atoms with Crippen molar-refractivity contribution >= 4 is 0 Å². The topological polar surface area (TPSA) is 58.3 Å². The number of nitrogens with one attached hydrogen (secondary N) is 1. The van der Waals surface area contributed by atoms with Crippen LogP contribution in [0, 0.1) is 13.8 Å². The molecule has 0 aliphatic rings. The van der Waals surface area contributed by atoms with Gasteiger partial charge in [0.2, 0.25) is 0 Å². The quantitative estimate of drug-likeness (QED) is 0.766. The summed E-state index contributed by atoms with van der Waals surface area (Å²) in [5, 5.41) is 16.2. The van der Waals surface area contributed by atoms with E-state index in [0.717, 1.165) is 17.0 Å². The Bertz CT molecular complexity index is 275. The van der Waals surface area contributed by atoms with Crippen molar-refractivity contribution in [2.24, 2.45) is 0 Å². The fourth-order valence-electron chi connectivity index (χ4n) is 1.56. The zero-order chi connectivity index (χ0) is 10.7. The van der Waals surface area contributed by atoms with E-state index in [1.807, 2.05) is 20.8 Å². The van der Waals surface area contributed by atoms with Gasteiger partial charge in [0, 0.05) is 18.2 Å². The molecule has 2 N–H and O–H groups in total. The largest absolute Gasteiger partial charge is 0.392 e. The van der Waals surface area contributed by atoms with Gasteiger partial charge in [0.15, 0.2) is 0 Å². The van der Waals surface area contributed by atoms with Gasteiger partial charge in [0.25, 0.3) is 0 Å². The summed E-state index contributed by atoms with van der Waals surface area (Å²) in [6.07, 6.45) is -0.335. The number of rotatable bonds is 4. The lowest BCUT2D eigenvalue weighted by molar-refractivity contribution is 0.187. The van der Waals surface area contributed by atoms with Crippen molar-refractivity contribution in [1.29, 1.82) is 0 Å². The van der Waals surface area contributed by atoms with Crippen LogP contribution in [0.1, 0.15) is 36.9 Å². The first-order chi connectivity index (χ1) is 6.52. The second kappa shape index (κ2) is 4.57. The number of nitrogens with zero attached hydrogens (tertiary/aromatic N) is 1. The maximum Gasteiger partial charge on any atom is 0.138 e. The molecular weight excluding hydrogens is 180 g/mol. The maximum atomic E-state index is 9.14. The highest BCUT2D eigenvalue weighted by Gasteiger charge is 2.15. The van der Waals surface area contributed by atoms with Crippen LogP contribution in [0.25, 0.3) is 0 Å². The Balaban J connectivity index is 2.64. The van der Waals surface area contributed by atoms with Crippen LogP contribution in [-0.2, 0) is 0 Å². The number of hydrogen-bond donors (Lipinski definition) is 2. The van der Waals surface area contributed by atoms with Gasteiger partial charge in [-0.25, -0.2) is 0 Å². The predicted octanol–water partition coefficient (Wildman–Crippen LogP) is 1.32. The summed E-state index contributed by atoms with van der Waals surface area (Å²) >= 11 is 0. The molecule has 1 rings (SSSR count). The molecule has 0 bridgehead atoms. The van der Waals surface area contributed by atoms with E-state index in [1.165, 1.54) is 0 Å². The van der Waals surface area contributed by atoms with Crippen LogP contribution in [0.2, 0.25) is 0 Å². The highest BCUT2D eigenvalue weighted by atomic mass is 16.5. The van der Waals surface area contributed by atoms with Crippen molar-refractivity contribution in [2.45, 2.75) is 39.8 Å². The lowest BCUT2D eigenvalue weighted by Gasteiger charge is -2.14. The third-order valence-corrected chi connectivity index (χ3v) is 2.24. The highest BCUT2D eigenvalue weighted by molar-refractivity contribution is 5.24. The van der Waals surface area contributed by atoms with Crippen LogP contribution in [0.4, 0.5) is 0 Å². The van der Waals surface area contributed by atoms with Gasteiger partial charge in [-0.05, 0) is 27.7 Å². The van der Waals surface area contributed by atoms with E-state index in [-0.39, 0.29) is 12.1 Å². The molecular formula is C10H18N2O2. The molecule has 14 heavy (non-hydrogen) atoms. The fourth-order valence-corrected chi connectivity index (χ4v) is 1.56. The number of aliphatic hydroxyl groups excluding tert-OH is 1. The van der Waals surface area contributed by atoms with Gasteiger partial charge in [-0.2, -0.15) is 0 Å². The number of hydrogen-bond acceptors (Lipinski definition) is 4. The molecule has 80 valence electrons. The number of aryl methyl sites for hydroxylation is 2. The van der Waals surface area contributed by atoms with Crippen LogP contribution in [0.15, 0.2) is 4.52 Å².